The van der Waals surface area contributed by atoms with E-state index in [1.54, 1.807) is 31.4 Å². The molecule has 1 atom stereocenters. The van der Waals surface area contributed by atoms with Crippen LogP contribution in [0.15, 0.2) is 78.9 Å². The first-order valence-electron chi connectivity index (χ1n) is 14.7. The van der Waals surface area contributed by atoms with Crippen molar-refractivity contribution in [1.29, 1.82) is 5.26 Å². The number of carbonyl (C=O) groups excluding carboxylic acids is 1. The Balaban J connectivity index is 1.35. The number of nitrogens with one attached hydrogen (secondary N) is 1. The lowest BCUT2D eigenvalue weighted by Crippen LogP contribution is -2.40. The first-order chi connectivity index (χ1) is 22.8. The summed E-state index contributed by atoms with van der Waals surface area (Å²) < 4.78 is 32.4. The van der Waals surface area contributed by atoms with Gasteiger partial charge in [0.05, 0.1) is 47.1 Å². The quantitative estimate of drug-likeness (QED) is 0.165. The van der Waals surface area contributed by atoms with Crippen LogP contribution in [0.25, 0.3) is 22.3 Å². The highest BCUT2D eigenvalue weighted by Gasteiger charge is 2.22. The number of hydrogen-bond donors (Lipinski definition) is 2. The zero-order valence-electron chi connectivity index (χ0n) is 25.8. The molecular weight excluding hydrogens is 605 g/mol. The zero-order valence-corrected chi connectivity index (χ0v) is 25.8. The molecule has 1 amide bonds. The number of benzene rings is 3. The van der Waals surface area contributed by atoms with Crippen molar-refractivity contribution in [2.24, 2.45) is 0 Å². The molecule has 5 rings (SSSR count). The number of ether oxygens (including phenoxy) is 3. The molecule has 0 unspecified atom stereocenters. The molecule has 2 heterocycles. The summed E-state index contributed by atoms with van der Waals surface area (Å²) >= 11 is 0. The van der Waals surface area contributed by atoms with Gasteiger partial charge in [-0.3, -0.25) is 4.79 Å². The molecule has 0 fully saturated rings. The molecule has 0 spiro atoms. The third-order valence-corrected chi connectivity index (χ3v) is 7.50. The summed E-state index contributed by atoms with van der Waals surface area (Å²) in [6, 6.07) is 23.9. The summed E-state index contributed by atoms with van der Waals surface area (Å²) in [5, 5.41) is 21.3. The van der Waals surface area contributed by atoms with Crippen molar-refractivity contribution in [3.05, 3.63) is 113 Å². The summed E-state index contributed by atoms with van der Waals surface area (Å²) in [5.74, 6) is -0.956. The van der Waals surface area contributed by atoms with Crippen molar-refractivity contribution < 1.29 is 33.3 Å². The predicted octanol–water partition coefficient (Wildman–Crippen LogP) is 4.75. The lowest BCUT2D eigenvalue weighted by atomic mass is 10.1. The van der Waals surface area contributed by atoms with Gasteiger partial charge in [0, 0.05) is 44.4 Å². The number of pyridine rings is 1. The highest BCUT2D eigenvalue weighted by molar-refractivity contribution is 5.92. The number of hydrogen-bond acceptors (Lipinski definition) is 8. The lowest BCUT2D eigenvalue weighted by Gasteiger charge is -2.18. The van der Waals surface area contributed by atoms with E-state index in [9.17, 15) is 19.1 Å². The van der Waals surface area contributed by atoms with E-state index in [0.29, 0.717) is 53.6 Å². The van der Waals surface area contributed by atoms with Crippen LogP contribution in [0.4, 0.5) is 4.39 Å². The molecule has 11 nitrogen and oxygen atoms in total. The molecule has 0 radical (unpaired) electrons. The number of aromatic carboxylic acids is 1. The van der Waals surface area contributed by atoms with E-state index < -0.39 is 17.9 Å². The standard InChI is InChI=1S/C35H32FN5O6/c1-45-15-14-38-34(42)31(46-2)20-41-30-18-25(35(43)44)12-13-29(30)39-32(41)17-22-6-9-24(10-7-22)28-4-3-5-33(40-28)47-21-26-11-8-23(19-37)16-27(26)36/h3-13,16,18,31H,14-15,17,20-21H2,1-2H3,(H,38,42)(H,43,44)/t31-/m0/s1. The van der Waals surface area contributed by atoms with Crippen LogP contribution in [-0.4, -0.2) is 65.0 Å². The molecule has 0 aliphatic carbocycles. The van der Waals surface area contributed by atoms with E-state index in [2.05, 4.69) is 10.3 Å². The van der Waals surface area contributed by atoms with E-state index in [0.717, 1.165) is 11.1 Å². The van der Waals surface area contributed by atoms with Crippen LogP contribution in [0.5, 0.6) is 5.88 Å². The van der Waals surface area contributed by atoms with E-state index in [1.807, 2.05) is 41.0 Å². The fourth-order valence-corrected chi connectivity index (χ4v) is 4.98. The summed E-state index contributed by atoms with van der Waals surface area (Å²) in [5.41, 5.74) is 4.23. The van der Waals surface area contributed by atoms with Crippen molar-refractivity contribution in [3.8, 4) is 23.2 Å². The predicted molar refractivity (Wildman–Crippen MR) is 170 cm³/mol. The first kappa shape index (κ1) is 32.7. The number of carboxylic acid groups (broad SMARTS) is 1. The topological polar surface area (TPSA) is 149 Å². The Morgan fingerprint density at radius 2 is 1.85 bits per heavy atom. The second-order valence-electron chi connectivity index (χ2n) is 10.6. The maximum Gasteiger partial charge on any atom is 0.335 e. The number of rotatable bonds is 14. The van der Waals surface area contributed by atoms with Crippen LogP contribution >= 0.6 is 0 Å². The second-order valence-corrected chi connectivity index (χ2v) is 10.6. The SMILES string of the molecule is COCCNC(=O)[C@H](Cn1c(Cc2ccc(-c3cccc(OCc4ccc(C#N)cc4F)n3)cc2)nc2ccc(C(=O)O)cc21)OC. The molecule has 47 heavy (non-hydrogen) atoms. The minimum Gasteiger partial charge on any atom is -0.478 e. The van der Waals surface area contributed by atoms with Gasteiger partial charge in [-0.25, -0.2) is 19.2 Å². The van der Waals surface area contributed by atoms with Crippen LogP contribution in [0, 0.1) is 17.1 Å². The number of carbonyl (C=O) groups is 2. The molecule has 2 aromatic heterocycles. The minimum absolute atomic E-state index is 0.0410. The molecule has 12 heteroatoms. The third kappa shape index (κ3) is 7.96. The zero-order chi connectivity index (χ0) is 33.3. The van der Waals surface area contributed by atoms with Gasteiger partial charge in [0.1, 0.15) is 18.2 Å². The number of fused-ring (bicyclic) bond motifs is 1. The summed E-state index contributed by atoms with van der Waals surface area (Å²) in [6.07, 6.45) is -0.459. The van der Waals surface area contributed by atoms with Gasteiger partial charge in [-0.15, -0.1) is 0 Å². The number of amides is 1. The summed E-state index contributed by atoms with van der Waals surface area (Å²) in [7, 11) is 2.99. The van der Waals surface area contributed by atoms with Gasteiger partial charge in [0.2, 0.25) is 5.88 Å². The van der Waals surface area contributed by atoms with Crippen molar-refractivity contribution in [2.45, 2.75) is 25.7 Å². The Morgan fingerprint density at radius 3 is 2.55 bits per heavy atom. The van der Waals surface area contributed by atoms with Crippen molar-refractivity contribution in [1.82, 2.24) is 19.9 Å². The Morgan fingerprint density at radius 1 is 1.04 bits per heavy atom. The van der Waals surface area contributed by atoms with Gasteiger partial charge in [-0.1, -0.05) is 36.4 Å². The van der Waals surface area contributed by atoms with E-state index >= 15 is 0 Å². The molecule has 0 saturated heterocycles. The first-order valence-corrected chi connectivity index (χ1v) is 14.7. The fraction of sp³-hybridized carbons (Fsp3) is 0.229. The number of aromatic nitrogens is 3. The largest absolute Gasteiger partial charge is 0.478 e. The van der Waals surface area contributed by atoms with Crippen LogP contribution in [-0.2, 0) is 33.8 Å². The lowest BCUT2D eigenvalue weighted by molar-refractivity contribution is -0.131. The number of nitriles is 1. The summed E-state index contributed by atoms with van der Waals surface area (Å²) in [4.78, 5) is 33.9. The van der Waals surface area contributed by atoms with Gasteiger partial charge in [-0.2, -0.15) is 5.26 Å². The van der Waals surface area contributed by atoms with Gasteiger partial charge in [-0.05, 0) is 42.0 Å². The number of nitrogens with zero attached hydrogens (tertiary/aromatic N) is 4. The van der Waals surface area contributed by atoms with Gasteiger partial charge >= 0.3 is 5.97 Å². The van der Waals surface area contributed by atoms with Crippen LogP contribution in [0.2, 0.25) is 0 Å². The normalized spacial score (nSPS) is 11.6. The highest BCUT2D eigenvalue weighted by Crippen LogP contribution is 2.25. The highest BCUT2D eigenvalue weighted by atomic mass is 19.1. The maximum atomic E-state index is 14.3. The number of methoxy groups -OCH3 is 2. The average Bonchev–Trinajstić information content (AvgIpc) is 3.42. The monoisotopic (exact) mass is 637 g/mol. The Labute approximate surface area is 270 Å². The maximum absolute atomic E-state index is 14.3. The Kier molecular flexibility index (Phi) is 10.5. The molecule has 240 valence electrons. The smallest absolute Gasteiger partial charge is 0.335 e. The van der Waals surface area contributed by atoms with Crippen molar-refractivity contribution in [3.63, 3.8) is 0 Å². The molecule has 2 N–H and O–H groups in total. The average molecular weight is 638 g/mol. The molecule has 0 saturated carbocycles. The Hall–Kier alpha value is -5.64. The number of imidazole rings is 1. The van der Waals surface area contributed by atoms with Crippen LogP contribution in [0.3, 0.4) is 0 Å². The van der Waals surface area contributed by atoms with E-state index in [1.165, 1.54) is 31.4 Å². The van der Waals surface area contributed by atoms with Gasteiger partial charge < -0.3 is 29.2 Å². The van der Waals surface area contributed by atoms with Crippen molar-refractivity contribution >= 4 is 22.9 Å². The van der Waals surface area contributed by atoms with Crippen LogP contribution < -0.4 is 10.1 Å². The molecule has 5 aromatic rings. The molecule has 0 aliphatic rings. The number of halogens is 1. The molecule has 0 bridgehead atoms. The minimum atomic E-state index is -1.07. The van der Waals surface area contributed by atoms with Crippen molar-refractivity contribution in [2.75, 3.05) is 27.4 Å². The molecule has 0 aliphatic heterocycles. The van der Waals surface area contributed by atoms with E-state index in [-0.39, 0.29) is 30.2 Å². The molecule has 3 aromatic carbocycles. The van der Waals surface area contributed by atoms with E-state index in [4.69, 9.17) is 24.5 Å². The third-order valence-electron chi connectivity index (χ3n) is 7.50. The summed E-state index contributed by atoms with van der Waals surface area (Å²) in [6.45, 7) is 0.749. The van der Waals surface area contributed by atoms with Gasteiger partial charge in [0.25, 0.3) is 5.91 Å². The Bertz CT molecular complexity index is 1940. The molecular formula is C35H32FN5O6. The number of carboxylic acids is 1. The fourth-order valence-electron chi connectivity index (χ4n) is 4.98. The van der Waals surface area contributed by atoms with Gasteiger partial charge in [0.15, 0.2) is 6.10 Å². The van der Waals surface area contributed by atoms with Crippen LogP contribution in [0.1, 0.15) is 32.9 Å². The second kappa shape index (κ2) is 15.1.